The molecule has 0 saturated carbocycles. The van der Waals surface area contributed by atoms with E-state index in [1.807, 2.05) is 0 Å². The molecular formula is C7H8N4O3S2. The second-order valence-electron chi connectivity index (χ2n) is 3.00. The average molecular weight is 260 g/mol. The summed E-state index contributed by atoms with van der Waals surface area (Å²) in [4.78, 5) is -0.195. The molecule has 1 aliphatic rings. The molecule has 16 heavy (non-hydrogen) atoms. The Hall–Kier alpha value is -1.32. The lowest BCUT2D eigenvalue weighted by atomic mass is 10.3. The van der Waals surface area contributed by atoms with Crippen molar-refractivity contribution in [1.29, 1.82) is 0 Å². The Morgan fingerprint density at radius 3 is 2.81 bits per heavy atom. The van der Waals surface area contributed by atoms with Gasteiger partial charge in [0.15, 0.2) is 0 Å². The summed E-state index contributed by atoms with van der Waals surface area (Å²) in [5, 5.41) is 8.65. The van der Waals surface area contributed by atoms with E-state index < -0.39 is 15.6 Å². The molecule has 1 atom stereocenters. The lowest BCUT2D eigenvalue weighted by Crippen LogP contribution is -2.34. The summed E-state index contributed by atoms with van der Waals surface area (Å²) in [6, 6.07) is 5.72. The van der Waals surface area contributed by atoms with Gasteiger partial charge in [-0.15, -0.1) is 17.7 Å². The fourth-order valence-corrected chi connectivity index (χ4v) is 1.97. The minimum absolute atomic E-state index is 0.195. The molecule has 2 N–H and O–H groups in total. The molecule has 0 amide bonds. The standard InChI is InChI=1S/C7H8N4O3S2/c12-16(13,14)6-3-1-2-5(4-6)11-7(15)8-9-10-11/h1-4,7,15H,(H,8,10)(H,12,13,14). The molecule has 1 aliphatic heterocycles. The van der Waals surface area contributed by atoms with Crippen molar-refractivity contribution >= 4 is 28.4 Å². The number of nitrogens with zero attached hydrogens (tertiary/aromatic N) is 3. The molecule has 0 saturated heterocycles. The van der Waals surface area contributed by atoms with Crippen LogP contribution in [-0.2, 0) is 10.1 Å². The summed E-state index contributed by atoms with van der Waals surface area (Å²) >= 11 is 4.10. The highest BCUT2D eigenvalue weighted by Gasteiger charge is 2.20. The second kappa shape index (κ2) is 3.92. The number of thiol groups is 1. The van der Waals surface area contributed by atoms with Gasteiger partial charge in [0.05, 0.1) is 10.6 Å². The minimum atomic E-state index is -4.21. The zero-order valence-corrected chi connectivity index (χ0v) is 9.56. The van der Waals surface area contributed by atoms with Crippen molar-refractivity contribution in [2.75, 3.05) is 5.01 Å². The monoisotopic (exact) mass is 260 g/mol. The van der Waals surface area contributed by atoms with Crippen molar-refractivity contribution in [3.8, 4) is 0 Å². The largest absolute Gasteiger partial charge is 0.294 e. The smallest absolute Gasteiger partial charge is 0.282 e. The van der Waals surface area contributed by atoms with Gasteiger partial charge in [0.1, 0.15) is 0 Å². The Morgan fingerprint density at radius 2 is 2.25 bits per heavy atom. The van der Waals surface area contributed by atoms with Gasteiger partial charge in [0, 0.05) is 0 Å². The zero-order valence-electron chi connectivity index (χ0n) is 7.85. The predicted octanol–water partition coefficient (Wildman–Crippen LogP) is 0.839. The van der Waals surface area contributed by atoms with Crippen LogP contribution in [0.15, 0.2) is 39.5 Å². The van der Waals surface area contributed by atoms with E-state index in [2.05, 4.69) is 28.5 Å². The fraction of sp³-hybridized carbons (Fsp3) is 0.143. The van der Waals surface area contributed by atoms with Gasteiger partial charge in [-0.1, -0.05) is 11.3 Å². The van der Waals surface area contributed by atoms with Crippen LogP contribution in [0, 0.1) is 0 Å². The van der Waals surface area contributed by atoms with Gasteiger partial charge in [-0.2, -0.15) is 14.0 Å². The molecule has 7 nitrogen and oxygen atoms in total. The predicted molar refractivity (Wildman–Crippen MR) is 59.5 cm³/mol. The van der Waals surface area contributed by atoms with E-state index in [0.717, 1.165) is 0 Å². The van der Waals surface area contributed by atoms with Gasteiger partial charge in [0.25, 0.3) is 10.1 Å². The molecule has 0 fully saturated rings. The lowest BCUT2D eigenvalue weighted by Gasteiger charge is -2.19. The molecule has 0 aromatic heterocycles. The molecule has 0 spiro atoms. The van der Waals surface area contributed by atoms with Crippen LogP contribution < -0.4 is 10.5 Å². The molecule has 1 unspecified atom stereocenters. The third-order valence-corrected chi connectivity index (χ3v) is 3.12. The molecule has 1 aromatic carbocycles. The van der Waals surface area contributed by atoms with Crippen molar-refractivity contribution in [2.45, 2.75) is 10.4 Å². The quantitative estimate of drug-likeness (QED) is 0.541. The minimum Gasteiger partial charge on any atom is -0.282 e. The summed E-state index contributed by atoms with van der Waals surface area (Å²) in [6.45, 7) is 0. The van der Waals surface area contributed by atoms with E-state index in [-0.39, 0.29) is 4.90 Å². The third-order valence-electron chi connectivity index (χ3n) is 1.94. The molecule has 9 heteroatoms. The Morgan fingerprint density at radius 1 is 1.50 bits per heavy atom. The number of hydrazine groups is 1. The number of anilines is 1. The Balaban J connectivity index is 2.37. The van der Waals surface area contributed by atoms with Crippen LogP contribution in [0.4, 0.5) is 5.69 Å². The number of benzene rings is 1. The number of hydrogen-bond donors (Lipinski definition) is 3. The van der Waals surface area contributed by atoms with Crippen molar-refractivity contribution < 1.29 is 13.0 Å². The average Bonchev–Trinajstić information content (AvgIpc) is 2.63. The maximum atomic E-state index is 10.9. The molecule has 86 valence electrons. The first-order chi connectivity index (χ1) is 7.48. The molecular weight excluding hydrogens is 252 g/mol. The Kier molecular flexibility index (Phi) is 2.74. The van der Waals surface area contributed by atoms with E-state index in [1.54, 1.807) is 6.07 Å². The second-order valence-corrected chi connectivity index (χ2v) is 4.89. The van der Waals surface area contributed by atoms with Gasteiger partial charge < -0.3 is 0 Å². The van der Waals surface area contributed by atoms with Gasteiger partial charge in [-0.25, -0.2) is 5.01 Å². The van der Waals surface area contributed by atoms with Gasteiger partial charge in [-0.3, -0.25) is 4.55 Å². The van der Waals surface area contributed by atoms with Crippen LogP contribution in [0.25, 0.3) is 0 Å². The highest BCUT2D eigenvalue weighted by molar-refractivity contribution is 7.85. The maximum absolute atomic E-state index is 10.9. The van der Waals surface area contributed by atoms with Gasteiger partial charge in [-0.05, 0) is 18.2 Å². The van der Waals surface area contributed by atoms with Crippen LogP contribution in [0.1, 0.15) is 0 Å². The van der Waals surface area contributed by atoms with Crippen molar-refractivity contribution in [2.24, 2.45) is 10.3 Å². The highest BCUT2D eigenvalue weighted by Crippen LogP contribution is 2.23. The van der Waals surface area contributed by atoms with E-state index in [4.69, 9.17) is 4.55 Å². The van der Waals surface area contributed by atoms with Gasteiger partial charge >= 0.3 is 0 Å². The van der Waals surface area contributed by atoms with Crippen LogP contribution in [0.5, 0.6) is 0 Å². The van der Waals surface area contributed by atoms with E-state index >= 15 is 0 Å². The Bertz CT molecular complexity index is 530. The molecule has 0 radical (unpaired) electrons. The van der Waals surface area contributed by atoms with Crippen molar-refractivity contribution in [3.05, 3.63) is 24.3 Å². The molecule has 0 aliphatic carbocycles. The summed E-state index contributed by atoms with van der Waals surface area (Å²) in [5.74, 6) is 0. The summed E-state index contributed by atoms with van der Waals surface area (Å²) in [5.41, 5.74) is 2.50. The number of rotatable bonds is 2. The van der Waals surface area contributed by atoms with E-state index in [0.29, 0.717) is 5.69 Å². The van der Waals surface area contributed by atoms with Crippen molar-refractivity contribution in [1.82, 2.24) is 5.53 Å². The lowest BCUT2D eigenvalue weighted by molar-refractivity contribution is 0.483. The van der Waals surface area contributed by atoms with Crippen LogP contribution >= 0.6 is 12.6 Å². The van der Waals surface area contributed by atoms with Gasteiger partial charge in [0.2, 0.25) is 5.50 Å². The van der Waals surface area contributed by atoms with Crippen molar-refractivity contribution in [3.63, 3.8) is 0 Å². The van der Waals surface area contributed by atoms with E-state index in [9.17, 15) is 8.42 Å². The first-order valence-electron chi connectivity index (χ1n) is 4.19. The summed E-state index contributed by atoms with van der Waals surface area (Å²) in [6.07, 6.45) is 0. The summed E-state index contributed by atoms with van der Waals surface area (Å²) in [7, 11) is -4.21. The van der Waals surface area contributed by atoms with E-state index in [1.165, 1.54) is 23.2 Å². The Labute approximate surface area is 97.3 Å². The fourth-order valence-electron chi connectivity index (χ4n) is 1.21. The zero-order chi connectivity index (χ0) is 11.8. The summed E-state index contributed by atoms with van der Waals surface area (Å²) < 4.78 is 30.8. The van der Waals surface area contributed by atoms with Crippen LogP contribution in [0.3, 0.4) is 0 Å². The normalized spacial score (nSPS) is 19.9. The highest BCUT2D eigenvalue weighted by atomic mass is 32.2. The topological polar surface area (TPSA) is 94.4 Å². The first-order valence-corrected chi connectivity index (χ1v) is 6.14. The molecule has 1 aromatic rings. The maximum Gasteiger partial charge on any atom is 0.294 e. The number of nitrogens with one attached hydrogen (secondary N) is 1. The van der Waals surface area contributed by atoms with Crippen LogP contribution in [0.2, 0.25) is 0 Å². The molecule has 0 bridgehead atoms. The molecule has 2 rings (SSSR count). The first kappa shape index (κ1) is 11.2. The van der Waals surface area contributed by atoms with Crippen LogP contribution in [-0.4, -0.2) is 18.5 Å². The number of hydrogen-bond acceptors (Lipinski definition) is 7. The molecule has 1 heterocycles. The SMILES string of the molecule is O=S(=O)(O)c1cccc(N2NN=NC2S)c1. The third kappa shape index (κ3) is 2.10.